The molecule has 26 heavy (non-hydrogen) atoms. The second-order valence-electron chi connectivity index (χ2n) is 6.61. The third-order valence-electron chi connectivity index (χ3n) is 4.64. The van der Waals surface area contributed by atoms with Crippen LogP contribution in [0.3, 0.4) is 0 Å². The molecule has 1 aliphatic heterocycles. The van der Waals surface area contributed by atoms with Crippen molar-refractivity contribution in [3.05, 3.63) is 65.0 Å². The summed E-state index contributed by atoms with van der Waals surface area (Å²) >= 11 is 1.46. The molecule has 4 rings (SSSR count). The number of aromatic nitrogens is 1. The van der Waals surface area contributed by atoms with Crippen LogP contribution in [0.1, 0.15) is 17.5 Å². The first-order valence-electron chi connectivity index (χ1n) is 8.84. The standard InChI is InChI=1S/C21H21N3OS/c1-15-8-10-16(11-9-15)18-14-26-21(22-18)23-20(25)13-24-12-4-6-17-5-2-3-7-19(17)24/h2-3,5,7-11,14H,4,6,12-13H2,1H3,(H,22,23,25). The Labute approximate surface area is 157 Å². The van der Waals surface area contributed by atoms with Gasteiger partial charge in [-0.25, -0.2) is 4.98 Å². The largest absolute Gasteiger partial charge is 0.362 e. The number of hydrogen-bond acceptors (Lipinski definition) is 4. The van der Waals surface area contributed by atoms with Crippen molar-refractivity contribution in [3.63, 3.8) is 0 Å². The zero-order valence-electron chi connectivity index (χ0n) is 14.7. The van der Waals surface area contributed by atoms with Gasteiger partial charge in [0.15, 0.2) is 5.13 Å². The molecule has 4 nitrogen and oxygen atoms in total. The summed E-state index contributed by atoms with van der Waals surface area (Å²) in [5.41, 5.74) is 5.68. The minimum absolute atomic E-state index is 0.0218. The third kappa shape index (κ3) is 3.63. The summed E-state index contributed by atoms with van der Waals surface area (Å²) in [4.78, 5) is 19.2. The average Bonchev–Trinajstić information content (AvgIpc) is 3.11. The molecule has 0 bridgehead atoms. The SMILES string of the molecule is Cc1ccc(-c2csc(NC(=O)CN3CCCc4ccccc43)n2)cc1. The van der Waals surface area contributed by atoms with Gasteiger partial charge in [0.25, 0.3) is 0 Å². The fourth-order valence-electron chi connectivity index (χ4n) is 3.30. The minimum atomic E-state index is -0.0218. The predicted octanol–water partition coefficient (Wildman–Crippen LogP) is 4.51. The Bertz CT molecular complexity index is 917. The van der Waals surface area contributed by atoms with Gasteiger partial charge in [-0.1, -0.05) is 48.0 Å². The van der Waals surface area contributed by atoms with Crippen LogP contribution in [0.15, 0.2) is 53.9 Å². The number of benzene rings is 2. The number of carbonyl (C=O) groups excluding carboxylic acids is 1. The van der Waals surface area contributed by atoms with Crippen molar-refractivity contribution in [2.75, 3.05) is 23.3 Å². The van der Waals surface area contributed by atoms with E-state index in [0.717, 1.165) is 30.6 Å². The highest BCUT2D eigenvalue weighted by atomic mass is 32.1. The highest BCUT2D eigenvalue weighted by Crippen LogP contribution is 2.27. The molecular formula is C21H21N3OS. The van der Waals surface area contributed by atoms with Crippen LogP contribution in [0, 0.1) is 6.92 Å². The minimum Gasteiger partial charge on any atom is -0.362 e. The lowest BCUT2D eigenvalue weighted by Gasteiger charge is -2.30. The van der Waals surface area contributed by atoms with Crippen molar-refractivity contribution in [1.82, 2.24) is 4.98 Å². The molecule has 3 aromatic rings. The van der Waals surface area contributed by atoms with E-state index in [4.69, 9.17) is 0 Å². The summed E-state index contributed by atoms with van der Waals surface area (Å²) in [6.07, 6.45) is 2.17. The van der Waals surface area contributed by atoms with E-state index in [1.807, 2.05) is 11.4 Å². The van der Waals surface area contributed by atoms with Gasteiger partial charge >= 0.3 is 0 Å². The van der Waals surface area contributed by atoms with Crippen molar-refractivity contribution < 1.29 is 4.79 Å². The topological polar surface area (TPSA) is 45.2 Å². The molecule has 0 unspecified atom stereocenters. The van der Waals surface area contributed by atoms with Crippen LogP contribution in [-0.4, -0.2) is 24.0 Å². The quantitative estimate of drug-likeness (QED) is 0.742. The van der Waals surface area contributed by atoms with Crippen molar-refractivity contribution in [1.29, 1.82) is 0 Å². The summed E-state index contributed by atoms with van der Waals surface area (Å²) in [7, 11) is 0. The first-order valence-corrected chi connectivity index (χ1v) is 9.72. The fraction of sp³-hybridized carbons (Fsp3) is 0.238. The van der Waals surface area contributed by atoms with Crippen molar-refractivity contribution in [2.24, 2.45) is 0 Å². The average molecular weight is 363 g/mol. The number of hydrogen-bond donors (Lipinski definition) is 1. The molecule has 0 atom stereocenters. The number of thiazole rings is 1. The number of nitrogens with zero attached hydrogens (tertiary/aromatic N) is 2. The number of carbonyl (C=O) groups is 1. The smallest absolute Gasteiger partial charge is 0.245 e. The molecule has 5 heteroatoms. The lowest BCUT2D eigenvalue weighted by atomic mass is 10.0. The number of rotatable bonds is 4. The van der Waals surface area contributed by atoms with Gasteiger partial charge in [0.05, 0.1) is 12.2 Å². The van der Waals surface area contributed by atoms with Crippen molar-refractivity contribution in [2.45, 2.75) is 19.8 Å². The normalized spacial score (nSPS) is 13.3. The van der Waals surface area contributed by atoms with Gasteiger partial charge < -0.3 is 10.2 Å². The van der Waals surface area contributed by atoms with Crippen LogP contribution >= 0.6 is 11.3 Å². The first-order chi connectivity index (χ1) is 12.7. The molecule has 1 aromatic heterocycles. The molecule has 2 aromatic carbocycles. The number of amides is 1. The number of para-hydroxylation sites is 1. The highest BCUT2D eigenvalue weighted by molar-refractivity contribution is 7.14. The summed E-state index contributed by atoms with van der Waals surface area (Å²) in [6.45, 7) is 3.34. The van der Waals surface area contributed by atoms with Crippen LogP contribution in [0.2, 0.25) is 0 Å². The van der Waals surface area contributed by atoms with Crippen LogP contribution < -0.4 is 10.2 Å². The summed E-state index contributed by atoms with van der Waals surface area (Å²) < 4.78 is 0. The van der Waals surface area contributed by atoms with Gasteiger partial charge in [-0.2, -0.15) is 0 Å². The van der Waals surface area contributed by atoms with E-state index in [-0.39, 0.29) is 5.91 Å². The Morgan fingerprint density at radius 3 is 2.85 bits per heavy atom. The van der Waals surface area contributed by atoms with Crippen LogP contribution in [-0.2, 0) is 11.2 Å². The van der Waals surface area contributed by atoms with E-state index < -0.39 is 0 Å². The van der Waals surface area contributed by atoms with Crippen LogP contribution in [0.5, 0.6) is 0 Å². The maximum atomic E-state index is 12.5. The second-order valence-corrected chi connectivity index (χ2v) is 7.46. The second kappa shape index (κ2) is 7.30. The molecule has 0 aliphatic carbocycles. The fourth-order valence-corrected chi connectivity index (χ4v) is 4.03. The molecule has 0 fully saturated rings. The predicted molar refractivity (Wildman–Crippen MR) is 108 cm³/mol. The number of nitrogens with one attached hydrogen (secondary N) is 1. The van der Waals surface area contributed by atoms with Gasteiger partial charge in [-0.3, -0.25) is 4.79 Å². The molecule has 0 saturated heterocycles. The number of fused-ring (bicyclic) bond motifs is 1. The Hall–Kier alpha value is -2.66. The molecule has 2 heterocycles. The van der Waals surface area contributed by atoms with E-state index in [0.29, 0.717) is 11.7 Å². The maximum absolute atomic E-state index is 12.5. The van der Waals surface area contributed by atoms with Gasteiger partial charge in [-0.05, 0) is 31.4 Å². The van der Waals surface area contributed by atoms with E-state index in [1.54, 1.807) is 0 Å². The summed E-state index contributed by atoms with van der Waals surface area (Å²) in [6, 6.07) is 16.6. The van der Waals surface area contributed by atoms with Crippen LogP contribution in [0.4, 0.5) is 10.8 Å². The monoisotopic (exact) mass is 363 g/mol. The lowest BCUT2D eigenvalue weighted by molar-refractivity contribution is -0.115. The highest BCUT2D eigenvalue weighted by Gasteiger charge is 2.19. The maximum Gasteiger partial charge on any atom is 0.245 e. The molecule has 1 amide bonds. The van der Waals surface area contributed by atoms with Gasteiger partial charge in [-0.15, -0.1) is 11.3 Å². The van der Waals surface area contributed by atoms with E-state index in [2.05, 4.69) is 64.6 Å². The number of anilines is 2. The van der Waals surface area contributed by atoms with Gasteiger partial charge in [0.2, 0.25) is 5.91 Å². The Morgan fingerprint density at radius 1 is 1.19 bits per heavy atom. The summed E-state index contributed by atoms with van der Waals surface area (Å²) in [5.74, 6) is -0.0218. The molecule has 132 valence electrons. The molecule has 1 aliphatic rings. The Morgan fingerprint density at radius 2 is 2.00 bits per heavy atom. The van der Waals surface area contributed by atoms with Gasteiger partial charge in [0, 0.05) is 23.2 Å². The molecule has 0 saturated carbocycles. The van der Waals surface area contributed by atoms with Crippen molar-refractivity contribution in [3.8, 4) is 11.3 Å². The Balaban J connectivity index is 1.42. The third-order valence-corrected chi connectivity index (χ3v) is 5.40. The Kier molecular flexibility index (Phi) is 4.71. The zero-order valence-corrected chi connectivity index (χ0v) is 15.6. The first kappa shape index (κ1) is 16.8. The molecular weight excluding hydrogens is 342 g/mol. The van der Waals surface area contributed by atoms with Crippen LogP contribution in [0.25, 0.3) is 11.3 Å². The molecule has 1 N–H and O–H groups in total. The van der Waals surface area contributed by atoms with Gasteiger partial charge in [0.1, 0.15) is 0 Å². The lowest BCUT2D eigenvalue weighted by Crippen LogP contribution is -2.36. The zero-order chi connectivity index (χ0) is 17.9. The van der Waals surface area contributed by atoms with Crippen molar-refractivity contribution >= 4 is 28.1 Å². The summed E-state index contributed by atoms with van der Waals surface area (Å²) in [5, 5.41) is 5.58. The molecule has 0 spiro atoms. The van der Waals surface area contributed by atoms with E-state index in [9.17, 15) is 4.79 Å². The van der Waals surface area contributed by atoms with E-state index >= 15 is 0 Å². The number of aryl methyl sites for hydroxylation is 2. The molecule has 0 radical (unpaired) electrons. The van der Waals surface area contributed by atoms with E-state index in [1.165, 1.54) is 28.2 Å².